The maximum absolute atomic E-state index is 15.8. The zero-order valence-electron chi connectivity index (χ0n) is 20.2. The van der Waals surface area contributed by atoms with Crippen LogP contribution in [-0.2, 0) is 15.1 Å². The first-order chi connectivity index (χ1) is 15.9. The third-order valence-corrected chi connectivity index (χ3v) is 6.54. The Hall–Kier alpha value is -2.15. The Labute approximate surface area is 212 Å². The van der Waals surface area contributed by atoms with Crippen molar-refractivity contribution in [2.24, 2.45) is 11.3 Å². The van der Waals surface area contributed by atoms with Gasteiger partial charge >= 0.3 is 0 Å². The third-order valence-electron chi connectivity index (χ3n) is 6.18. The van der Waals surface area contributed by atoms with Crippen LogP contribution in [0.5, 0.6) is 0 Å². The number of carbonyl (C=O) groups is 2. The summed E-state index contributed by atoms with van der Waals surface area (Å²) < 4.78 is 15.8. The number of halogens is 3. The number of likely N-dealkylation sites (tertiary alicyclic amines) is 1. The van der Waals surface area contributed by atoms with Gasteiger partial charge in [0.2, 0.25) is 12.8 Å². The first kappa shape index (κ1) is 28.1. The van der Waals surface area contributed by atoms with Gasteiger partial charge in [-0.05, 0) is 55.0 Å². The highest BCUT2D eigenvalue weighted by atomic mass is 35.5. The van der Waals surface area contributed by atoms with Crippen LogP contribution in [0.15, 0.2) is 53.9 Å². The molecule has 1 aliphatic heterocycles. The molecule has 1 fully saturated rings. The minimum atomic E-state index is -0.804. The molecule has 1 saturated heterocycles. The van der Waals surface area contributed by atoms with Crippen LogP contribution in [-0.4, -0.2) is 36.9 Å². The van der Waals surface area contributed by atoms with Crippen molar-refractivity contribution < 1.29 is 14.0 Å². The Morgan fingerprint density at radius 2 is 2.03 bits per heavy atom. The van der Waals surface area contributed by atoms with Gasteiger partial charge in [-0.25, -0.2) is 4.39 Å². The molecule has 2 N–H and O–H groups in total. The summed E-state index contributed by atoms with van der Waals surface area (Å²) in [5.41, 5.74) is 0.422. The fourth-order valence-corrected chi connectivity index (χ4v) is 5.06. The molecule has 0 bridgehead atoms. The van der Waals surface area contributed by atoms with Crippen LogP contribution in [0.3, 0.4) is 0 Å². The van der Waals surface area contributed by atoms with Gasteiger partial charge in [-0.15, -0.1) is 0 Å². The first-order valence-corrected chi connectivity index (χ1v) is 12.0. The molecule has 1 unspecified atom stereocenters. The van der Waals surface area contributed by atoms with Crippen LogP contribution < -0.4 is 10.6 Å². The number of nitrogens with zero attached hydrogens (tertiary/aromatic N) is 1. The van der Waals surface area contributed by atoms with Crippen LogP contribution >= 0.6 is 23.2 Å². The Bertz CT molecular complexity index is 958. The minimum Gasteiger partial charge on any atom is -0.359 e. The lowest BCUT2D eigenvalue weighted by molar-refractivity contribution is -0.109. The molecule has 186 valence electrons. The van der Waals surface area contributed by atoms with Gasteiger partial charge in [0, 0.05) is 40.8 Å². The number of hydrogen-bond donors (Lipinski definition) is 2. The fourth-order valence-electron chi connectivity index (χ4n) is 4.82. The van der Waals surface area contributed by atoms with E-state index in [0.29, 0.717) is 54.5 Å². The van der Waals surface area contributed by atoms with E-state index in [2.05, 4.69) is 42.9 Å². The number of amides is 2. The standard InChI is InChI=1S/C26H34Cl2FN3O2/c1-18(27)7-6-8-23(29)22-14-20(11-12-30-16-33)32(15-25(2,3)4)26(22,5)21-10-9-19(28)13-24(21)31-17-34/h6-10,13,16-17,20,22H,1,11-12,14-15H2,2-5H3,(H,30,33)(H,31,34)/b7-6-,23-8-/t20-,22?,26+/m0/s1. The summed E-state index contributed by atoms with van der Waals surface area (Å²) in [5.74, 6) is -0.814. The average Bonchev–Trinajstić information content (AvgIpc) is 2.99. The average molecular weight is 510 g/mol. The summed E-state index contributed by atoms with van der Waals surface area (Å²) in [4.78, 5) is 24.6. The Kier molecular flexibility index (Phi) is 9.92. The quantitative estimate of drug-likeness (QED) is 0.213. The molecule has 0 radical (unpaired) electrons. The van der Waals surface area contributed by atoms with Gasteiger partial charge in [0.25, 0.3) is 0 Å². The zero-order chi connectivity index (χ0) is 25.5. The first-order valence-electron chi connectivity index (χ1n) is 11.3. The van der Waals surface area contributed by atoms with Crippen molar-refractivity contribution in [3.8, 4) is 0 Å². The molecule has 0 saturated carbocycles. The highest BCUT2D eigenvalue weighted by molar-refractivity contribution is 6.31. The summed E-state index contributed by atoms with van der Waals surface area (Å²) in [6.45, 7) is 13.2. The molecule has 2 rings (SSSR count). The molecule has 8 heteroatoms. The highest BCUT2D eigenvalue weighted by Gasteiger charge is 2.54. The number of rotatable bonds is 11. The van der Waals surface area contributed by atoms with E-state index in [1.165, 1.54) is 12.2 Å². The van der Waals surface area contributed by atoms with Gasteiger partial charge in [-0.2, -0.15) is 0 Å². The van der Waals surface area contributed by atoms with Gasteiger partial charge in [0.05, 0.1) is 5.54 Å². The molecule has 34 heavy (non-hydrogen) atoms. The van der Waals surface area contributed by atoms with Crippen molar-refractivity contribution in [1.29, 1.82) is 0 Å². The van der Waals surface area contributed by atoms with Gasteiger partial charge in [-0.3, -0.25) is 14.5 Å². The number of allylic oxidation sites excluding steroid dienone is 4. The second-order valence-electron chi connectivity index (χ2n) is 9.95. The monoisotopic (exact) mass is 509 g/mol. The molecule has 0 aromatic heterocycles. The molecule has 1 aromatic rings. The molecule has 2 amide bonds. The van der Waals surface area contributed by atoms with E-state index in [-0.39, 0.29) is 17.3 Å². The summed E-state index contributed by atoms with van der Waals surface area (Å²) >= 11 is 12.0. The predicted octanol–water partition coefficient (Wildman–Crippen LogP) is 6.16. The molecule has 1 aliphatic rings. The van der Waals surface area contributed by atoms with E-state index in [0.717, 1.165) is 5.56 Å². The maximum atomic E-state index is 15.8. The van der Waals surface area contributed by atoms with E-state index >= 15 is 4.39 Å². The molecule has 0 aliphatic carbocycles. The number of nitrogens with one attached hydrogen (secondary N) is 2. The smallest absolute Gasteiger partial charge is 0.211 e. The molecule has 0 spiro atoms. The Morgan fingerprint density at radius 3 is 2.62 bits per heavy atom. The fraction of sp³-hybridized carbons (Fsp3) is 0.462. The van der Waals surface area contributed by atoms with Crippen molar-refractivity contribution in [2.75, 3.05) is 18.4 Å². The lowest BCUT2D eigenvalue weighted by atomic mass is 9.77. The van der Waals surface area contributed by atoms with Crippen molar-refractivity contribution in [3.05, 3.63) is 64.5 Å². The molecule has 5 nitrogen and oxygen atoms in total. The number of carbonyl (C=O) groups excluding carboxylic acids is 2. The van der Waals surface area contributed by atoms with Gasteiger partial charge in [0.15, 0.2) is 0 Å². The lowest BCUT2D eigenvalue weighted by Gasteiger charge is -2.45. The molecule has 3 atom stereocenters. The topological polar surface area (TPSA) is 61.4 Å². The summed E-state index contributed by atoms with van der Waals surface area (Å²) in [6.07, 6.45) is 6.97. The number of anilines is 1. The molecular weight excluding hydrogens is 476 g/mol. The maximum Gasteiger partial charge on any atom is 0.211 e. The zero-order valence-corrected chi connectivity index (χ0v) is 21.7. The normalized spacial score (nSPS) is 23.8. The molecule has 1 aromatic carbocycles. The largest absolute Gasteiger partial charge is 0.359 e. The second kappa shape index (κ2) is 12.0. The highest BCUT2D eigenvalue weighted by Crippen LogP contribution is 2.53. The number of hydrogen-bond acceptors (Lipinski definition) is 3. The van der Waals surface area contributed by atoms with E-state index < -0.39 is 11.5 Å². The van der Waals surface area contributed by atoms with Crippen molar-refractivity contribution in [1.82, 2.24) is 10.2 Å². The Balaban J connectivity index is 2.70. The van der Waals surface area contributed by atoms with Crippen LogP contribution in [0.25, 0.3) is 0 Å². The van der Waals surface area contributed by atoms with Gasteiger partial charge in [0.1, 0.15) is 5.83 Å². The van der Waals surface area contributed by atoms with E-state index in [4.69, 9.17) is 23.2 Å². The number of benzene rings is 1. The third kappa shape index (κ3) is 6.94. The molecule has 1 heterocycles. The summed E-state index contributed by atoms with van der Waals surface area (Å²) in [5, 5.41) is 6.26. The Morgan fingerprint density at radius 1 is 1.32 bits per heavy atom. The predicted molar refractivity (Wildman–Crippen MR) is 139 cm³/mol. The van der Waals surface area contributed by atoms with Crippen molar-refractivity contribution in [2.45, 2.75) is 52.1 Å². The van der Waals surface area contributed by atoms with E-state index in [1.54, 1.807) is 18.2 Å². The molecular formula is C26H34Cl2FN3O2. The lowest BCUT2D eigenvalue weighted by Crippen LogP contribution is -2.50. The van der Waals surface area contributed by atoms with Gasteiger partial charge < -0.3 is 10.6 Å². The SMILES string of the molecule is C=C(Cl)/C=C\C=C(/F)C1C[C@H](CCNC=O)N(CC(C)(C)C)[C@]1(C)c1ccc(Cl)cc1NC=O. The summed E-state index contributed by atoms with van der Waals surface area (Å²) in [6, 6.07) is 5.29. The second-order valence-corrected chi connectivity index (χ2v) is 10.9. The van der Waals surface area contributed by atoms with Crippen molar-refractivity contribution >= 4 is 41.7 Å². The van der Waals surface area contributed by atoms with Crippen LogP contribution in [0.2, 0.25) is 5.02 Å². The van der Waals surface area contributed by atoms with Crippen molar-refractivity contribution in [3.63, 3.8) is 0 Å². The van der Waals surface area contributed by atoms with E-state index in [1.807, 2.05) is 13.0 Å². The minimum absolute atomic E-state index is 0.00689. The van der Waals surface area contributed by atoms with Crippen LogP contribution in [0.1, 0.15) is 46.1 Å². The van der Waals surface area contributed by atoms with E-state index in [9.17, 15) is 9.59 Å². The van der Waals surface area contributed by atoms with Crippen LogP contribution in [0.4, 0.5) is 10.1 Å². The summed E-state index contributed by atoms with van der Waals surface area (Å²) in [7, 11) is 0. The van der Waals surface area contributed by atoms with Gasteiger partial charge in [-0.1, -0.05) is 62.7 Å². The van der Waals surface area contributed by atoms with Crippen LogP contribution in [0, 0.1) is 11.3 Å².